The summed E-state index contributed by atoms with van der Waals surface area (Å²) in [5.74, 6) is -4.95. The summed E-state index contributed by atoms with van der Waals surface area (Å²) in [5, 5.41) is 25.3. The summed E-state index contributed by atoms with van der Waals surface area (Å²) in [5.41, 5.74) is 11.0. The maximum absolute atomic E-state index is 13.1. The number of aliphatic carboxylic acids is 2. The van der Waals surface area contributed by atoms with Crippen molar-refractivity contribution in [1.29, 1.82) is 0 Å². The van der Waals surface area contributed by atoms with Gasteiger partial charge in [-0.3, -0.25) is 24.0 Å². The van der Waals surface area contributed by atoms with E-state index in [1.54, 1.807) is 0 Å². The molecule has 0 saturated carbocycles. The normalized spacial score (nSPS) is 13.1. The van der Waals surface area contributed by atoms with Crippen molar-refractivity contribution in [1.82, 2.24) is 20.9 Å². The Kier molecular flexibility index (Phi) is 16.4. The quantitative estimate of drug-likeness (QED) is 0.0944. The van der Waals surface area contributed by atoms with E-state index in [0.717, 1.165) is 4.90 Å². The maximum Gasteiger partial charge on any atom is 0.326 e. The predicted molar refractivity (Wildman–Crippen MR) is 129 cm³/mol. The Bertz CT molecular complexity index is 763. The molecule has 0 heterocycles. The van der Waals surface area contributed by atoms with Gasteiger partial charge in [0.1, 0.15) is 18.1 Å². The van der Waals surface area contributed by atoms with Crippen molar-refractivity contribution in [2.45, 2.75) is 76.4 Å². The zero-order valence-electron chi connectivity index (χ0n) is 21.0. The lowest BCUT2D eigenvalue weighted by atomic mass is 10.0. The topological polar surface area (TPSA) is 234 Å². The lowest BCUT2D eigenvalue weighted by Gasteiger charge is -2.27. The first-order valence-corrected chi connectivity index (χ1v) is 11.9. The van der Waals surface area contributed by atoms with Crippen LogP contribution in [0.25, 0.3) is 0 Å². The summed E-state index contributed by atoms with van der Waals surface area (Å²) in [4.78, 5) is 72.8. The number of likely N-dealkylation sites (N-methyl/N-ethyl adjacent to an activating group) is 1. The summed E-state index contributed by atoms with van der Waals surface area (Å²) < 4.78 is 0. The van der Waals surface area contributed by atoms with Crippen LogP contribution in [0.4, 0.5) is 0 Å². The predicted octanol–water partition coefficient (Wildman–Crippen LogP) is -1.87. The first-order valence-electron chi connectivity index (χ1n) is 11.9. The number of carboxylic acids is 2. The molecule has 0 unspecified atom stereocenters. The Morgan fingerprint density at radius 2 is 1.33 bits per heavy atom. The van der Waals surface area contributed by atoms with Gasteiger partial charge in [0.2, 0.25) is 23.6 Å². The maximum atomic E-state index is 13.1. The number of nitrogens with one attached hydrogen (secondary N) is 3. The number of carboxylic acid groups (broad SMARTS) is 2. The largest absolute Gasteiger partial charge is 0.481 e. The molecule has 0 aromatic heterocycles. The number of carbonyl (C=O) groups excluding carboxylic acids is 4. The minimum atomic E-state index is -1.43. The van der Waals surface area contributed by atoms with Gasteiger partial charge in [-0.2, -0.15) is 0 Å². The van der Waals surface area contributed by atoms with Gasteiger partial charge in [0.15, 0.2) is 0 Å². The second-order valence-corrected chi connectivity index (χ2v) is 8.47. The van der Waals surface area contributed by atoms with Crippen LogP contribution >= 0.6 is 0 Å². The molecule has 0 bridgehead atoms. The second kappa shape index (κ2) is 18.1. The van der Waals surface area contributed by atoms with Gasteiger partial charge in [0.25, 0.3) is 0 Å². The van der Waals surface area contributed by atoms with Gasteiger partial charge in [-0.05, 0) is 58.0 Å². The molecular weight excluding hydrogens is 476 g/mol. The summed E-state index contributed by atoms with van der Waals surface area (Å²) in [6, 6.07) is -3.29. The van der Waals surface area contributed by atoms with Crippen molar-refractivity contribution in [3.8, 4) is 0 Å². The summed E-state index contributed by atoms with van der Waals surface area (Å²) in [6.07, 6.45) is 2.15. The monoisotopic (exact) mass is 516 g/mol. The highest BCUT2D eigenvalue weighted by molar-refractivity contribution is 5.93. The molecule has 4 amide bonds. The summed E-state index contributed by atoms with van der Waals surface area (Å²) >= 11 is 0. The Morgan fingerprint density at radius 1 is 0.778 bits per heavy atom. The fourth-order valence-corrected chi connectivity index (χ4v) is 3.35. The third-order valence-corrected chi connectivity index (χ3v) is 5.24. The molecule has 0 aromatic carbocycles. The highest BCUT2D eigenvalue weighted by Crippen LogP contribution is 2.08. The first kappa shape index (κ1) is 32.7. The van der Waals surface area contributed by atoms with Crippen LogP contribution in [0.5, 0.6) is 0 Å². The highest BCUT2D eigenvalue weighted by Gasteiger charge is 2.29. The first-order chi connectivity index (χ1) is 16.9. The SMILES string of the molecule is CC(=O)N[C@@H](CCCCN)C(=O)N[C@H](CCCCN)C(=O)N(C)CC(=O)N[C@@H](CCC(=O)O)C(=O)O. The standard InChI is InChI=1S/C22H40N6O8/c1-14(29)25-15(7-3-5-11-23)20(33)27-16(8-4-6-12-24)21(34)28(2)13-18(30)26-17(22(35)36)9-10-19(31)32/h15-17H,3-13,23-24H2,1-2H3,(H,25,29)(H,26,30)(H,27,33)(H,31,32)(H,35,36)/t15-,16+,17-/m0/s1. The van der Waals surface area contributed by atoms with Crippen molar-refractivity contribution in [3.63, 3.8) is 0 Å². The molecule has 36 heavy (non-hydrogen) atoms. The van der Waals surface area contributed by atoms with E-state index in [-0.39, 0.29) is 12.8 Å². The van der Waals surface area contributed by atoms with Crippen molar-refractivity contribution in [2.24, 2.45) is 11.5 Å². The van der Waals surface area contributed by atoms with Crippen LogP contribution in [-0.4, -0.2) is 95.5 Å². The van der Waals surface area contributed by atoms with Crippen LogP contribution in [0.2, 0.25) is 0 Å². The van der Waals surface area contributed by atoms with Crippen LogP contribution in [0.15, 0.2) is 0 Å². The van der Waals surface area contributed by atoms with Crippen LogP contribution in [0.3, 0.4) is 0 Å². The zero-order valence-corrected chi connectivity index (χ0v) is 21.0. The van der Waals surface area contributed by atoms with Gasteiger partial charge in [0, 0.05) is 20.4 Å². The summed E-state index contributed by atoms with van der Waals surface area (Å²) in [6.45, 7) is 1.58. The number of hydrogen-bond donors (Lipinski definition) is 7. The smallest absolute Gasteiger partial charge is 0.326 e. The van der Waals surface area contributed by atoms with E-state index < -0.39 is 66.7 Å². The molecule has 0 spiro atoms. The van der Waals surface area contributed by atoms with Crippen LogP contribution in [0.1, 0.15) is 58.3 Å². The van der Waals surface area contributed by atoms with E-state index in [4.69, 9.17) is 16.6 Å². The van der Waals surface area contributed by atoms with Gasteiger partial charge in [-0.15, -0.1) is 0 Å². The Hall–Kier alpha value is -3.26. The van der Waals surface area contributed by atoms with Crippen molar-refractivity contribution in [3.05, 3.63) is 0 Å². The molecule has 14 heteroatoms. The number of unbranched alkanes of at least 4 members (excludes halogenated alkanes) is 2. The van der Waals surface area contributed by atoms with E-state index in [0.29, 0.717) is 45.2 Å². The lowest BCUT2D eigenvalue weighted by molar-refractivity contribution is -0.144. The van der Waals surface area contributed by atoms with E-state index in [9.17, 15) is 33.9 Å². The Balaban J connectivity index is 5.32. The molecule has 0 aliphatic rings. The van der Waals surface area contributed by atoms with E-state index in [1.807, 2.05) is 0 Å². The number of carbonyl (C=O) groups is 6. The number of amides is 4. The van der Waals surface area contributed by atoms with Gasteiger partial charge in [-0.25, -0.2) is 4.79 Å². The van der Waals surface area contributed by atoms with Gasteiger partial charge in [0.05, 0.1) is 6.54 Å². The number of rotatable bonds is 19. The third-order valence-electron chi connectivity index (χ3n) is 5.24. The zero-order chi connectivity index (χ0) is 27.7. The fourth-order valence-electron chi connectivity index (χ4n) is 3.35. The molecule has 3 atom stereocenters. The van der Waals surface area contributed by atoms with Crippen molar-refractivity contribution in [2.75, 3.05) is 26.7 Å². The van der Waals surface area contributed by atoms with E-state index >= 15 is 0 Å². The number of hydrogen-bond acceptors (Lipinski definition) is 8. The Morgan fingerprint density at radius 3 is 1.81 bits per heavy atom. The van der Waals surface area contributed by atoms with Crippen LogP contribution in [0, 0.1) is 0 Å². The van der Waals surface area contributed by atoms with Gasteiger partial charge < -0.3 is 42.5 Å². The molecule has 14 nitrogen and oxygen atoms in total. The minimum absolute atomic E-state index is 0.236. The molecular formula is C22H40N6O8. The van der Waals surface area contributed by atoms with E-state index in [2.05, 4.69) is 16.0 Å². The minimum Gasteiger partial charge on any atom is -0.481 e. The van der Waals surface area contributed by atoms with Crippen LogP contribution in [-0.2, 0) is 28.8 Å². The number of nitrogens with zero attached hydrogens (tertiary/aromatic N) is 1. The Labute approximate surface area is 210 Å². The van der Waals surface area contributed by atoms with Gasteiger partial charge in [-0.1, -0.05) is 0 Å². The summed E-state index contributed by atoms with van der Waals surface area (Å²) in [7, 11) is 1.32. The van der Waals surface area contributed by atoms with Crippen molar-refractivity contribution < 1.29 is 39.0 Å². The molecule has 0 aliphatic carbocycles. The second-order valence-electron chi connectivity index (χ2n) is 8.47. The lowest BCUT2D eigenvalue weighted by Crippen LogP contribution is -2.55. The van der Waals surface area contributed by atoms with Gasteiger partial charge >= 0.3 is 11.9 Å². The molecule has 0 aliphatic heterocycles. The van der Waals surface area contributed by atoms with E-state index in [1.165, 1.54) is 14.0 Å². The molecule has 206 valence electrons. The van der Waals surface area contributed by atoms with Crippen molar-refractivity contribution >= 4 is 35.6 Å². The molecule has 0 aromatic rings. The number of nitrogens with two attached hydrogens (primary N) is 2. The molecule has 0 saturated heterocycles. The average Bonchev–Trinajstić information content (AvgIpc) is 2.79. The van der Waals surface area contributed by atoms with Crippen LogP contribution < -0.4 is 27.4 Å². The molecule has 9 N–H and O–H groups in total. The molecule has 0 rings (SSSR count). The average molecular weight is 517 g/mol. The highest BCUT2D eigenvalue weighted by atomic mass is 16.4. The molecule has 0 fully saturated rings. The third kappa shape index (κ3) is 14.2. The molecule has 0 radical (unpaired) electrons. The fraction of sp³-hybridized carbons (Fsp3) is 0.727.